The van der Waals surface area contributed by atoms with Crippen molar-refractivity contribution in [1.29, 1.82) is 0 Å². The molecule has 0 radical (unpaired) electrons. The number of thiazole rings is 1. The topological polar surface area (TPSA) is 68.3 Å². The number of nitrogens with one attached hydrogen (secondary N) is 1. The summed E-state index contributed by atoms with van der Waals surface area (Å²) in [5.74, 6) is 0.159. The highest BCUT2D eigenvalue weighted by Crippen LogP contribution is 2.34. The molecule has 1 heterocycles. The molecule has 1 fully saturated rings. The summed E-state index contributed by atoms with van der Waals surface area (Å²) in [5, 5.41) is 6.20. The first-order chi connectivity index (χ1) is 17.4. The number of carbonyl (C=O) groups is 2. The summed E-state index contributed by atoms with van der Waals surface area (Å²) in [4.78, 5) is 30.4. The second-order valence-corrected chi connectivity index (χ2v) is 11.1. The van der Waals surface area contributed by atoms with Crippen LogP contribution < -0.4 is 5.32 Å². The molecule has 1 N–H and O–H groups in total. The van der Waals surface area contributed by atoms with Crippen molar-refractivity contribution in [2.24, 2.45) is 5.41 Å². The molecule has 3 rings (SSSR count). The van der Waals surface area contributed by atoms with E-state index in [-0.39, 0.29) is 18.3 Å². The van der Waals surface area contributed by atoms with Gasteiger partial charge in [-0.05, 0) is 56.9 Å². The summed E-state index contributed by atoms with van der Waals surface area (Å²) in [6.07, 6.45) is 15.6. The Hall–Kier alpha value is -2.47. The van der Waals surface area contributed by atoms with Gasteiger partial charge in [0, 0.05) is 23.4 Å². The third kappa shape index (κ3) is 8.58. The van der Waals surface area contributed by atoms with E-state index in [1.54, 1.807) is 18.3 Å². The molecule has 196 valence electrons. The second-order valence-electron chi connectivity index (χ2n) is 10.2. The van der Waals surface area contributed by atoms with E-state index in [0.29, 0.717) is 18.9 Å². The van der Waals surface area contributed by atoms with E-state index >= 15 is 0 Å². The monoisotopic (exact) mass is 510 g/mol. The van der Waals surface area contributed by atoms with Crippen LogP contribution >= 0.6 is 11.3 Å². The lowest BCUT2D eigenvalue weighted by molar-refractivity contribution is -0.156. The van der Waals surface area contributed by atoms with Gasteiger partial charge in [0.15, 0.2) is 0 Å². The minimum absolute atomic E-state index is 0.112. The molecular weight excluding hydrogens is 468 g/mol. The Morgan fingerprint density at radius 2 is 1.94 bits per heavy atom. The Kier molecular flexibility index (Phi) is 11.2. The van der Waals surface area contributed by atoms with Crippen molar-refractivity contribution in [1.82, 2.24) is 4.98 Å². The summed E-state index contributed by atoms with van der Waals surface area (Å²) in [6.45, 7) is 6.13. The predicted octanol–water partition coefficient (Wildman–Crippen LogP) is 8.23. The van der Waals surface area contributed by atoms with Crippen molar-refractivity contribution in [3.05, 3.63) is 45.9 Å². The highest BCUT2D eigenvalue weighted by molar-refractivity contribution is 7.10. The number of nitrogens with zero attached hydrogens (tertiary/aromatic N) is 1. The molecule has 2 aromatic rings. The standard InChI is InChI=1S/C30H42N2O3S/c1-4-6-7-11-19-30(3,29(34)35-5-2)21-27(33)31-25-16-12-13-23(20-25)17-18-28-32-26(22-36-28)24-14-9-8-10-15-24/h12-13,16-18,20,22,24H,4-11,14-15,19,21H2,1-3H3,(H,31,33). The maximum Gasteiger partial charge on any atom is 0.312 e. The zero-order valence-electron chi connectivity index (χ0n) is 22.2. The largest absolute Gasteiger partial charge is 0.466 e. The zero-order chi connectivity index (χ0) is 25.8. The van der Waals surface area contributed by atoms with Crippen LogP contribution in [-0.4, -0.2) is 23.5 Å². The van der Waals surface area contributed by atoms with Crippen molar-refractivity contribution in [3.8, 4) is 0 Å². The van der Waals surface area contributed by atoms with Gasteiger partial charge in [0.2, 0.25) is 5.91 Å². The van der Waals surface area contributed by atoms with Gasteiger partial charge in [0.1, 0.15) is 5.01 Å². The van der Waals surface area contributed by atoms with Crippen molar-refractivity contribution in [2.45, 2.75) is 97.3 Å². The van der Waals surface area contributed by atoms with E-state index in [1.165, 1.54) is 37.8 Å². The quantitative estimate of drug-likeness (QED) is 0.218. The number of hydrogen-bond donors (Lipinski definition) is 1. The molecule has 1 aromatic heterocycles. The second kappa shape index (κ2) is 14.3. The fourth-order valence-corrected chi connectivity index (χ4v) is 5.71. The van der Waals surface area contributed by atoms with Crippen LogP contribution in [0.1, 0.15) is 114 Å². The van der Waals surface area contributed by atoms with Crippen molar-refractivity contribution >= 4 is 41.1 Å². The van der Waals surface area contributed by atoms with Crippen LogP contribution in [0.4, 0.5) is 5.69 Å². The van der Waals surface area contributed by atoms with Crippen molar-refractivity contribution in [3.63, 3.8) is 0 Å². The molecule has 5 nitrogen and oxygen atoms in total. The Morgan fingerprint density at radius 3 is 2.69 bits per heavy atom. The maximum absolute atomic E-state index is 12.9. The maximum atomic E-state index is 12.9. The minimum Gasteiger partial charge on any atom is -0.466 e. The molecule has 1 aliphatic rings. The first kappa shape index (κ1) is 28.1. The number of amides is 1. The SMILES string of the molecule is CCCCCCC(C)(CC(=O)Nc1cccc(C=Cc2nc(C3CCCCC3)cs2)c1)C(=O)OCC. The van der Waals surface area contributed by atoms with E-state index in [9.17, 15) is 9.59 Å². The molecule has 0 aliphatic heterocycles. The third-order valence-electron chi connectivity index (χ3n) is 7.05. The molecular formula is C30H42N2O3S. The van der Waals surface area contributed by atoms with E-state index in [2.05, 4.69) is 17.6 Å². The summed E-state index contributed by atoms with van der Waals surface area (Å²) < 4.78 is 5.32. The van der Waals surface area contributed by atoms with Gasteiger partial charge in [-0.3, -0.25) is 9.59 Å². The number of anilines is 1. The number of esters is 1. The summed E-state index contributed by atoms with van der Waals surface area (Å²) in [7, 11) is 0. The number of benzene rings is 1. The smallest absolute Gasteiger partial charge is 0.312 e. The van der Waals surface area contributed by atoms with Gasteiger partial charge in [-0.15, -0.1) is 11.3 Å². The summed E-state index contributed by atoms with van der Waals surface area (Å²) in [6, 6.07) is 7.77. The molecule has 1 atom stereocenters. The zero-order valence-corrected chi connectivity index (χ0v) is 23.0. The highest BCUT2D eigenvalue weighted by Gasteiger charge is 2.36. The normalized spacial score (nSPS) is 16.1. The molecule has 1 unspecified atom stereocenters. The molecule has 0 spiro atoms. The molecule has 0 bridgehead atoms. The summed E-state index contributed by atoms with van der Waals surface area (Å²) >= 11 is 1.69. The van der Waals surface area contributed by atoms with Crippen LogP contribution in [0.25, 0.3) is 12.2 Å². The van der Waals surface area contributed by atoms with Crippen LogP contribution in [0.2, 0.25) is 0 Å². The van der Waals surface area contributed by atoms with E-state index in [0.717, 1.165) is 41.9 Å². The van der Waals surface area contributed by atoms with Crippen LogP contribution in [0, 0.1) is 5.41 Å². The van der Waals surface area contributed by atoms with E-state index in [1.807, 2.05) is 43.3 Å². The van der Waals surface area contributed by atoms with Gasteiger partial charge in [0.25, 0.3) is 0 Å². The van der Waals surface area contributed by atoms with Crippen LogP contribution in [-0.2, 0) is 14.3 Å². The minimum atomic E-state index is -0.813. The fraction of sp³-hybridized carbons (Fsp3) is 0.567. The predicted molar refractivity (Wildman–Crippen MR) is 150 cm³/mol. The number of hydrogen-bond acceptors (Lipinski definition) is 5. The molecule has 1 saturated carbocycles. The number of ether oxygens (including phenoxy) is 1. The number of rotatable bonds is 13. The lowest BCUT2D eigenvalue weighted by Crippen LogP contribution is -2.34. The van der Waals surface area contributed by atoms with Gasteiger partial charge < -0.3 is 10.1 Å². The lowest BCUT2D eigenvalue weighted by Gasteiger charge is -2.26. The van der Waals surface area contributed by atoms with Gasteiger partial charge in [-0.2, -0.15) is 0 Å². The van der Waals surface area contributed by atoms with Gasteiger partial charge in [0.05, 0.1) is 17.7 Å². The van der Waals surface area contributed by atoms with E-state index < -0.39 is 5.41 Å². The van der Waals surface area contributed by atoms with E-state index in [4.69, 9.17) is 9.72 Å². The van der Waals surface area contributed by atoms with Gasteiger partial charge >= 0.3 is 5.97 Å². The van der Waals surface area contributed by atoms with Gasteiger partial charge in [-0.1, -0.05) is 70.1 Å². The highest BCUT2D eigenvalue weighted by atomic mass is 32.1. The lowest BCUT2D eigenvalue weighted by atomic mass is 9.81. The summed E-state index contributed by atoms with van der Waals surface area (Å²) in [5.41, 5.74) is 2.14. The van der Waals surface area contributed by atoms with Crippen LogP contribution in [0.15, 0.2) is 29.6 Å². The molecule has 0 saturated heterocycles. The average Bonchev–Trinajstić information content (AvgIpc) is 3.35. The first-order valence-corrected chi connectivity index (χ1v) is 14.5. The van der Waals surface area contributed by atoms with Crippen molar-refractivity contribution in [2.75, 3.05) is 11.9 Å². The molecule has 1 aliphatic carbocycles. The first-order valence-electron chi connectivity index (χ1n) is 13.6. The van der Waals surface area contributed by atoms with Crippen LogP contribution in [0.5, 0.6) is 0 Å². The molecule has 36 heavy (non-hydrogen) atoms. The Balaban J connectivity index is 1.60. The molecule has 6 heteroatoms. The Bertz CT molecular complexity index is 1010. The third-order valence-corrected chi connectivity index (χ3v) is 7.88. The number of unbranched alkanes of at least 4 members (excludes halogenated alkanes) is 3. The number of carbonyl (C=O) groups excluding carboxylic acids is 2. The Morgan fingerprint density at radius 1 is 1.14 bits per heavy atom. The molecule has 1 aromatic carbocycles. The van der Waals surface area contributed by atoms with Gasteiger partial charge in [-0.25, -0.2) is 4.98 Å². The average molecular weight is 511 g/mol. The number of aromatic nitrogens is 1. The fourth-order valence-electron chi connectivity index (χ4n) is 4.92. The van der Waals surface area contributed by atoms with Crippen LogP contribution in [0.3, 0.4) is 0 Å². The van der Waals surface area contributed by atoms with Crippen molar-refractivity contribution < 1.29 is 14.3 Å². The molecule has 1 amide bonds. The Labute approximate surface area is 220 Å².